The molecule has 102 valence electrons. The summed E-state index contributed by atoms with van der Waals surface area (Å²) in [5, 5.41) is 11.8. The number of nitrogens with one attached hydrogen (secondary N) is 1. The molecular weight excluding hydrogens is 270 g/mol. The Balaban J connectivity index is 2.28. The summed E-state index contributed by atoms with van der Waals surface area (Å²) < 4.78 is 5.41. The molecule has 1 unspecified atom stereocenters. The van der Waals surface area contributed by atoms with Gasteiger partial charge in [0, 0.05) is 6.61 Å². The summed E-state index contributed by atoms with van der Waals surface area (Å²) in [6.07, 6.45) is 1.41. The lowest BCUT2D eigenvalue weighted by atomic mass is 10.0. The molecule has 0 aromatic heterocycles. The molecule has 1 aliphatic rings. The van der Waals surface area contributed by atoms with Gasteiger partial charge < -0.3 is 15.2 Å². The van der Waals surface area contributed by atoms with E-state index in [1.165, 1.54) is 18.2 Å². The monoisotopic (exact) mass is 283 g/mol. The SMILES string of the molecule is CC1(C(=O)Nc2c(Cl)cccc2C(=O)O)CCCO1. The van der Waals surface area contributed by atoms with Crippen LogP contribution in [0.2, 0.25) is 5.02 Å². The summed E-state index contributed by atoms with van der Waals surface area (Å²) in [6, 6.07) is 4.44. The Hall–Kier alpha value is -1.59. The largest absolute Gasteiger partial charge is 0.478 e. The number of benzene rings is 1. The fraction of sp³-hybridized carbons (Fsp3) is 0.385. The molecule has 0 radical (unpaired) electrons. The molecule has 2 rings (SSSR count). The Morgan fingerprint density at radius 2 is 2.21 bits per heavy atom. The zero-order valence-corrected chi connectivity index (χ0v) is 11.2. The average molecular weight is 284 g/mol. The summed E-state index contributed by atoms with van der Waals surface area (Å²) in [4.78, 5) is 23.3. The van der Waals surface area contributed by atoms with Crippen molar-refractivity contribution in [2.75, 3.05) is 11.9 Å². The third kappa shape index (κ3) is 2.72. The number of anilines is 1. The van der Waals surface area contributed by atoms with E-state index in [0.29, 0.717) is 13.0 Å². The minimum Gasteiger partial charge on any atom is -0.478 e. The Morgan fingerprint density at radius 1 is 1.47 bits per heavy atom. The lowest BCUT2D eigenvalue weighted by Crippen LogP contribution is -2.39. The molecule has 1 saturated heterocycles. The van der Waals surface area contributed by atoms with E-state index < -0.39 is 11.6 Å². The van der Waals surface area contributed by atoms with Crippen molar-refractivity contribution in [1.82, 2.24) is 0 Å². The van der Waals surface area contributed by atoms with Crippen LogP contribution >= 0.6 is 11.6 Å². The molecule has 19 heavy (non-hydrogen) atoms. The van der Waals surface area contributed by atoms with Crippen LogP contribution in [0.1, 0.15) is 30.1 Å². The minimum atomic E-state index is -1.14. The summed E-state index contributed by atoms with van der Waals surface area (Å²) in [5.41, 5.74) is -0.851. The molecule has 1 fully saturated rings. The van der Waals surface area contributed by atoms with Crippen molar-refractivity contribution in [3.8, 4) is 0 Å². The number of aromatic carboxylic acids is 1. The second kappa shape index (κ2) is 5.19. The van der Waals surface area contributed by atoms with Crippen LogP contribution in [0, 0.1) is 0 Å². The van der Waals surface area contributed by atoms with Gasteiger partial charge >= 0.3 is 5.97 Å². The van der Waals surface area contributed by atoms with E-state index in [2.05, 4.69) is 5.32 Å². The van der Waals surface area contributed by atoms with Crippen molar-refractivity contribution in [2.45, 2.75) is 25.4 Å². The Morgan fingerprint density at radius 3 is 2.79 bits per heavy atom. The van der Waals surface area contributed by atoms with E-state index in [0.717, 1.165) is 6.42 Å². The topological polar surface area (TPSA) is 75.6 Å². The summed E-state index contributed by atoms with van der Waals surface area (Å²) in [7, 11) is 0. The second-order valence-corrected chi connectivity index (χ2v) is 5.01. The maximum atomic E-state index is 12.2. The molecule has 0 aliphatic carbocycles. The molecule has 1 aromatic carbocycles. The van der Waals surface area contributed by atoms with Gasteiger partial charge in [-0.05, 0) is 31.9 Å². The molecule has 0 saturated carbocycles. The van der Waals surface area contributed by atoms with E-state index >= 15 is 0 Å². The maximum Gasteiger partial charge on any atom is 0.337 e. The average Bonchev–Trinajstić information content (AvgIpc) is 2.79. The van der Waals surface area contributed by atoms with Crippen LogP contribution in [-0.4, -0.2) is 29.2 Å². The number of amides is 1. The summed E-state index contributed by atoms with van der Waals surface area (Å²) in [6.45, 7) is 2.21. The van der Waals surface area contributed by atoms with E-state index in [-0.39, 0.29) is 22.2 Å². The number of hydrogen-bond acceptors (Lipinski definition) is 3. The minimum absolute atomic E-state index is 0.0394. The predicted octanol–water partition coefficient (Wildman–Crippen LogP) is 2.55. The number of carboxylic acid groups (broad SMARTS) is 1. The third-order valence-corrected chi connectivity index (χ3v) is 3.50. The van der Waals surface area contributed by atoms with Gasteiger partial charge in [0.05, 0.1) is 16.3 Å². The highest BCUT2D eigenvalue weighted by Crippen LogP contribution is 2.30. The van der Waals surface area contributed by atoms with Gasteiger partial charge in [-0.15, -0.1) is 0 Å². The fourth-order valence-electron chi connectivity index (χ4n) is 2.03. The van der Waals surface area contributed by atoms with Crippen LogP contribution in [0.3, 0.4) is 0 Å². The standard InChI is InChI=1S/C13H14ClNO4/c1-13(6-3-7-19-13)12(18)15-10-8(11(16)17)4-2-5-9(10)14/h2,4-5H,3,6-7H2,1H3,(H,15,18)(H,16,17). The van der Waals surface area contributed by atoms with Gasteiger partial charge in [0.2, 0.25) is 0 Å². The predicted molar refractivity (Wildman–Crippen MR) is 70.6 cm³/mol. The summed E-state index contributed by atoms with van der Waals surface area (Å²) in [5.74, 6) is -1.52. The van der Waals surface area contributed by atoms with Crippen LogP contribution < -0.4 is 5.32 Å². The summed E-state index contributed by atoms with van der Waals surface area (Å²) >= 11 is 5.95. The molecule has 2 N–H and O–H groups in total. The second-order valence-electron chi connectivity index (χ2n) is 4.60. The molecule has 1 atom stereocenters. The maximum absolute atomic E-state index is 12.2. The zero-order chi connectivity index (χ0) is 14.0. The fourth-order valence-corrected chi connectivity index (χ4v) is 2.26. The highest BCUT2D eigenvalue weighted by atomic mass is 35.5. The van der Waals surface area contributed by atoms with Gasteiger partial charge in [-0.25, -0.2) is 4.79 Å². The van der Waals surface area contributed by atoms with Gasteiger partial charge in [0.15, 0.2) is 0 Å². The normalized spacial score (nSPS) is 22.2. The van der Waals surface area contributed by atoms with Crippen molar-refractivity contribution in [3.63, 3.8) is 0 Å². The van der Waals surface area contributed by atoms with Crippen molar-refractivity contribution in [2.24, 2.45) is 0 Å². The smallest absolute Gasteiger partial charge is 0.337 e. The van der Waals surface area contributed by atoms with Crippen LogP contribution in [0.25, 0.3) is 0 Å². The number of halogens is 1. The highest BCUT2D eigenvalue weighted by Gasteiger charge is 2.38. The first-order valence-electron chi connectivity index (χ1n) is 5.91. The van der Waals surface area contributed by atoms with Gasteiger partial charge in [0.1, 0.15) is 5.60 Å². The number of hydrogen-bond donors (Lipinski definition) is 2. The molecule has 1 heterocycles. The van der Waals surface area contributed by atoms with E-state index in [9.17, 15) is 9.59 Å². The van der Waals surface area contributed by atoms with E-state index in [1.807, 2.05) is 0 Å². The zero-order valence-electron chi connectivity index (χ0n) is 10.4. The molecule has 1 aliphatic heterocycles. The number of para-hydroxylation sites is 1. The number of carbonyl (C=O) groups excluding carboxylic acids is 1. The first-order chi connectivity index (χ1) is 8.94. The first-order valence-corrected chi connectivity index (χ1v) is 6.29. The number of carboxylic acids is 1. The van der Waals surface area contributed by atoms with Crippen LogP contribution in [0.15, 0.2) is 18.2 Å². The van der Waals surface area contributed by atoms with Crippen LogP contribution in [0.4, 0.5) is 5.69 Å². The van der Waals surface area contributed by atoms with E-state index in [1.54, 1.807) is 6.92 Å². The number of ether oxygens (including phenoxy) is 1. The van der Waals surface area contributed by atoms with Crippen molar-refractivity contribution in [1.29, 1.82) is 0 Å². The van der Waals surface area contributed by atoms with E-state index in [4.69, 9.17) is 21.4 Å². The number of rotatable bonds is 3. The molecule has 5 nitrogen and oxygen atoms in total. The highest BCUT2D eigenvalue weighted by molar-refractivity contribution is 6.34. The first kappa shape index (κ1) is 13.8. The van der Waals surface area contributed by atoms with Gasteiger partial charge in [0.25, 0.3) is 5.91 Å². The van der Waals surface area contributed by atoms with Crippen molar-refractivity contribution >= 4 is 29.2 Å². The van der Waals surface area contributed by atoms with Gasteiger partial charge in [-0.3, -0.25) is 4.79 Å². The molecule has 0 bridgehead atoms. The molecule has 0 spiro atoms. The Bertz CT molecular complexity index is 523. The van der Waals surface area contributed by atoms with Crippen molar-refractivity contribution < 1.29 is 19.4 Å². The number of carbonyl (C=O) groups is 2. The molecule has 1 amide bonds. The Labute approximate surface area is 115 Å². The van der Waals surface area contributed by atoms with Gasteiger partial charge in [-0.2, -0.15) is 0 Å². The van der Waals surface area contributed by atoms with Gasteiger partial charge in [-0.1, -0.05) is 17.7 Å². The molecule has 1 aromatic rings. The quantitative estimate of drug-likeness (QED) is 0.894. The van der Waals surface area contributed by atoms with Crippen LogP contribution in [0.5, 0.6) is 0 Å². The lowest BCUT2D eigenvalue weighted by Gasteiger charge is -2.22. The van der Waals surface area contributed by atoms with Crippen molar-refractivity contribution in [3.05, 3.63) is 28.8 Å². The lowest BCUT2D eigenvalue weighted by molar-refractivity contribution is -0.133. The molecule has 6 heteroatoms. The Kier molecular flexibility index (Phi) is 3.78. The third-order valence-electron chi connectivity index (χ3n) is 3.18. The molecular formula is C13H14ClNO4. The van der Waals surface area contributed by atoms with Crippen LogP contribution in [-0.2, 0) is 9.53 Å².